The van der Waals surface area contributed by atoms with Gasteiger partial charge in [0.25, 0.3) is 0 Å². The first kappa shape index (κ1) is 25.3. The minimum Gasteiger partial charge on any atom is -0.357 e. The third kappa shape index (κ3) is 7.93. The van der Waals surface area contributed by atoms with Gasteiger partial charge in [0.15, 0.2) is 5.96 Å². The van der Waals surface area contributed by atoms with Gasteiger partial charge in [-0.25, -0.2) is 18.4 Å². The van der Waals surface area contributed by atoms with Crippen LogP contribution >= 0.6 is 24.0 Å². The summed E-state index contributed by atoms with van der Waals surface area (Å²) in [5.41, 5.74) is 1.10. The van der Waals surface area contributed by atoms with Gasteiger partial charge in [0.05, 0.1) is 12.3 Å². The van der Waals surface area contributed by atoms with Crippen molar-refractivity contribution in [2.45, 2.75) is 13.5 Å². The van der Waals surface area contributed by atoms with Gasteiger partial charge in [0.2, 0.25) is 10.0 Å². The molecule has 0 aliphatic carbocycles. The lowest BCUT2D eigenvalue weighted by molar-refractivity contribution is 0.384. The van der Waals surface area contributed by atoms with Gasteiger partial charge in [-0.1, -0.05) is 36.4 Å². The number of anilines is 1. The number of hydrogen-bond donors (Lipinski definition) is 2. The molecule has 0 bridgehead atoms. The number of nitrogens with zero attached hydrogens (tertiary/aromatic N) is 4. The molecule has 1 aliphatic heterocycles. The molecular weight excluding hydrogens is 527 g/mol. The smallest absolute Gasteiger partial charge is 0.215 e. The van der Waals surface area contributed by atoms with Crippen molar-refractivity contribution in [2.75, 3.05) is 49.9 Å². The number of pyridine rings is 1. The van der Waals surface area contributed by atoms with Gasteiger partial charge >= 0.3 is 0 Å². The summed E-state index contributed by atoms with van der Waals surface area (Å²) >= 11 is 0. The highest BCUT2D eigenvalue weighted by Gasteiger charge is 2.27. The highest BCUT2D eigenvalue weighted by molar-refractivity contribution is 14.0. The Balaban J connectivity index is 0.00000341. The summed E-state index contributed by atoms with van der Waals surface area (Å²) in [6.07, 6.45) is 1.76. The van der Waals surface area contributed by atoms with Gasteiger partial charge in [-0.2, -0.15) is 4.31 Å². The number of sulfonamides is 1. The molecule has 2 aromatic rings. The normalized spacial score (nSPS) is 15.3. The lowest BCUT2D eigenvalue weighted by Gasteiger charge is -2.34. The van der Waals surface area contributed by atoms with Crippen molar-refractivity contribution in [3.05, 3.63) is 60.3 Å². The molecule has 2 N–H and O–H groups in total. The Morgan fingerprint density at radius 2 is 1.74 bits per heavy atom. The van der Waals surface area contributed by atoms with E-state index in [4.69, 9.17) is 0 Å². The molecule has 10 heteroatoms. The molecule has 0 spiro atoms. The topological polar surface area (TPSA) is 89.9 Å². The Hall–Kier alpha value is -1.92. The van der Waals surface area contributed by atoms with Crippen LogP contribution in [0.25, 0.3) is 0 Å². The fourth-order valence-electron chi connectivity index (χ4n) is 3.26. The van der Waals surface area contributed by atoms with E-state index in [9.17, 15) is 8.42 Å². The van der Waals surface area contributed by atoms with Gasteiger partial charge in [-0.3, -0.25) is 0 Å². The van der Waals surface area contributed by atoms with E-state index in [1.165, 1.54) is 0 Å². The van der Waals surface area contributed by atoms with E-state index in [-0.39, 0.29) is 29.7 Å². The van der Waals surface area contributed by atoms with E-state index in [0.717, 1.165) is 11.4 Å². The number of guanidine groups is 1. The van der Waals surface area contributed by atoms with Gasteiger partial charge < -0.3 is 15.5 Å². The summed E-state index contributed by atoms with van der Waals surface area (Å²) < 4.78 is 27.0. The second-order valence-corrected chi connectivity index (χ2v) is 9.09. The molecule has 3 rings (SSSR count). The van der Waals surface area contributed by atoms with Crippen LogP contribution in [0.5, 0.6) is 0 Å². The second-order valence-electron chi connectivity index (χ2n) is 7.00. The van der Waals surface area contributed by atoms with Crippen molar-refractivity contribution in [3.63, 3.8) is 0 Å². The number of piperazine rings is 1. The van der Waals surface area contributed by atoms with Crippen molar-refractivity contribution >= 4 is 45.8 Å². The van der Waals surface area contributed by atoms with Crippen LogP contribution < -0.4 is 15.5 Å². The summed E-state index contributed by atoms with van der Waals surface area (Å²) in [6, 6.07) is 15.7. The van der Waals surface area contributed by atoms with E-state index in [1.54, 1.807) is 10.5 Å². The maximum absolute atomic E-state index is 12.7. The summed E-state index contributed by atoms with van der Waals surface area (Å²) in [5, 5.41) is 6.29. The molecule has 8 nitrogen and oxygen atoms in total. The zero-order valence-corrected chi connectivity index (χ0v) is 20.9. The molecule has 170 valence electrons. The minimum absolute atomic E-state index is 0. The summed E-state index contributed by atoms with van der Waals surface area (Å²) in [7, 11) is -3.33. The van der Waals surface area contributed by atoms with E-state index in [0.29, 0.717) is 51.8 Å². The Labute approximate surface area is 202 Å². The lowest BCUT2D eigenvalue weighted by atomic mass is 10.2. The molecule has 1 aliphatic rings. The summed E-state index contributed by atoms with van der Waals surface area (Å²) in [4.78, 5) is 11.0. The van der Waals surface area contributed by atoms with Crippen LogP contribution in [0.1, 0.15) is 12.5 Å². The maximum Gasteiger partial charge on any atom is 0.215 e. The zero-order valence-electron chi connectivity index (χ0n) is 17.8. The van der Waals surface area contributed by atoms with Crippen molar-refractivity contribution in [1.29, 1.82) is 0 Å². The Bertz CT molecular complexity index is 904. The molecule has 1 aromatic carbocycles. The van der Waals surface area contributed by atoms with Gasteiger partial charge in [0, 0.05) is 45.5 Å². The Morgan fingerprint density at radius 1 is 1.03 bits per heavy atom. The summed E-state index contributed by atoms with van der Waals surface area (Å²) in [5.74, 6) is 1.55. The van der Waals surface area contributed by atoms with E-state index in [1.807, 2.05) is 55.5 Å². The van der Waals surface area contributed by atoms with Crippen LogP contribution in [0, 0.1) is 0 Å². The average molecular weight is 558 g/mol. The number of hydrogen-bond acceptors (Lipinski definition) is 5. The fraction of sp³-hybridized carbons (Fsp3) is 0.429. The van der Waals surface area contributed by atoms with E-state index >= 15 is 0 Å². The molecule has 0 amide bonds. The van der Waals surface area contributed by atoms with Crippen molar-refractivity contribution in [2.24, 2.45) is 4.99 Å². The third-order valence-electron chi connectivity index (χ3n) is 4.86. The van der Waals surface area contributed by atoms with Crippen LogP contribution in [-0.2, 0) is 16.6 Å². The van der Waals surface area contributed by atoms with Gasteiger partial charge in [0.1, 0.15) is 5.82 Å². The number of nitrogens with one attached hydrogen (secondary N) is 2. The minimum atomic E-state index is -3.33. The standard InChI is InChI=1S/C21H30N6O2S.HI/c1-2-22-21(25-18-19-8-4-3-5-9-19)24-12-17-30(28,29)27-15-13-26(14-16-27)20-10-6-7-11-23-20;/h3-11H,2,12-18H2,1H3,(H2,22,24,25);1H. The third-order valence-corrected chi connectivity index (χ3v) is 6.74. The molecular formula is C21H31IN6O2S. The molecule has 31 heavy (non-hydrogen) atoms. The van der Waals surface area contributed by atoms with Crippen LogP contribution in [0.15, 0.2) is 59.7 Å². The highest BCUT2D eigenvalue weighted by atomic mass is 127. The number of halogens is 1. The average Bonchev–Trinajstić information content (AvgIpc) is 2.79. The molecule has 1 saturated heterocycles. The zero-order chi connectivity index (χ0) is 21.2. The van der Waals surface area contributed by atoms with Crippen LogP contribution in [0.4, 0.5) is 5.82 Å². The Morgan fingerprint density at radius 3 is 2.39 bits per heavy atom. The number of rotatable bonds is 8. The maximum atomic E-state index is 12.7. The first-order chi connectivity index (χ1) is 14.6. The van der Waals surface area contributed by atoms with Crippen molar-refractivity contribution in [1.82, 2.24) is 19.9 Å². The van der Waals surface area contributed by atoms with Crippen molar-refractivity contribution in [3.8, 4) is 0 Å². The molecule has 2 heterocycles. The molecule has 1 fully saturated rings. The predicted molar refractivity (Wildman–Crippen MR) is 136 cm³/mol. The van der Waals surface area contributed by atoms with Crippen molar-refractivity contribution < 1.29 is 8.42 Å². The largest absolute Gasteiger partial charge is 0.357 e. The van der Waals surface area contributed by atoms with Crippen LogP contribution in [-0.4, -0.2) is 68.7 Å². The molecule has 0 atom stereocenters. The number of aromatic nitrogens is 1. The predicted octanol–water partition coefficient (Wildman–Crippen LogP) is 1.91. The quantitative estimate of drug-likeness (QED) is 0.293. The lowest BCUT2D eigenvalue weighted by Crippen LogP contribution is -2.50. The first-order valence-corrected chi connectivity index (χ1v) is 11.9. The molecule has 1 aromatic heterocycles. The monoisotopic (exact) mass is 558 g/mol. The molecule has 0 saturated carbocycles. The van der Waals surface area contributed by atoms with Gasteiger partial charge in [-0.15, -0.1) is 24.0 Å². The molecule has 0 radical (unpaired) electrons. The number of benzene rings is 1. The summed E-state index contributed by atoms with van der Waals surface area (Å²) in [6.45, 7) is 5.78. The van der Waals surface area contributed by atoms with E-state index in [2.05, 4.69) is 25.5 Å². The fourth-order valence-corrected chi connectivity index (χ4v) is 4.60. The SMILES string of the molecule is CCNC(=NCc1ccccc1)NCCS(=O)(=O)N1CCN(c2ccccn2)CC1.I. The highest BCUT2D eigenvalue weighted by Crippen LogP contribution is 2.14. The van der Waals surface area contributed by atoms with Gasteiger partial charge in [-0.05, 0) is 24.6 Å². The molecule has 0 unspecified atom stereocenters. The van der Waals surface area contributed by atoms with Crippen LogP contribution in [0.2, 0.25) is 0 Å². The Kier molecular flexibility index (Phi) is 10.5. The number of aliphatic imine (C=N–C) groups is 1. The van der Waals surface area contributed by atoms with Crippen LogP contribution in [0.3, 0.4) is 0 Å². The second kappa shape index (κ2) is 12.8. The van der Waals surface area contributed by atoms with E-state index < -0.39 is 10.0 Å². The first-order valence-electron chi connectivity index (χ1n) is 10.3.